The summed E-state index contributed by atoms with van der Waals surface area (Å²) < 4.78 is 10.0. The van der Waals surface area contributed by atoms with Gasteiger partial charge < -0.3 is 9.47 Å². The summed E-state index contributed by atoms with van der Waals surface area (Å²) in [6.45, 7) is 3.88. The fourth-order valence-corrected chi connectivity index (χ4v) is 3.22. The molecule has 0 aromatic rings. The van der Waals surface area contributed by atoms with Crippen molar-refractivity contribution in [1.29, 1.82) is 0 Å². The molecule has 0 fully saturated rings. The number of hydrogen-bond donors (Lipinski definition) is 0. The monoisotopic (exact) mass is 338 g/mol. The van der Waals surface area contributed by atoms with Crippen LogP contribution in [0.1, 0.15) is 90.9 Å². The molecule has 0 saturated carbocycles. The minimum atomic E-state index is -0.438. The molecule has 4 heteroatoms. The van der Waals surface area contributed by atoms with Crippen molar-refractivity contribution in [2.75, 3.05) is 7.11 Å². The normalized spacial score (nSPS) is 17.3. The number of methoxy groups -OCH3 is 1. The molecule has 0 aromatic carbocycles. The lowest BCUT2D eigenvalue weighted by molar-refractivity contribution is -0.141. The van der Waals surface area contributed by atoms with Gasteiger partial charge in [-0.25, -0.2) is 9.59 Å². The van der Waals surface area contributed by atoms with Gasteiger partial charge in [-0.2, -0.15) is 0 Å². The van der Waals surface area contributed by atoms with Crippen molar-refractivity contribution in [1.82, 2.24) is 0 Å². The number of unbranched alkanes of at least 4 members (excludes halogenated alkanes) is 10. The molecule has 0 unspecified atom stereocenters. The molecule has 0 saturated heterocycles. The molecule has 0 aliphatic carbocycles. The number of ether oxygens (including phenoxy) is 2. The highest BCUT2D eigenvalue weighted by atomic mass is 16.6. The van der Waals surface area contributed by atoms with Gasteiger partial charge in [-0.1, -0.05) is 71.1 Å². The van der Waals surface area contributed by atoms with Crippen LogP contribution in [0.5, 0.6) is 0 Å². The molecule has 0 spiro atoms. The summed E-state index contributed by atoms with van der Waals surface area (Å²) in [6, 6.07) is 0. The number of cyclic esters (lactones) is 1. The van der Waals surface area contributed by atoms with Crippen LogP contribution in [0.15, 0.2) is 11.1 Å². The first-order chi connectivity index (χ1) is 11.6. The van der Waals surface area contributed by atoms with E-state index in [9.17, 15) is 9.59 Å². The minimum Gasteiger partial charge on any atom is -0.466 e. The lowest BCUT2D eigenvalue weighted by atomic mass is 10.00. The minimum absolute atomic E-state index is 0.386. The van der Waals surface area contributed by atoms with Gasteiger partial charge in [0, 0.05) is 5.57 Å². The van der Waals surface area contributed by atoms with Crippen molar-refractivity contribution in [3.63, 3.8) is 0 Å². The molecule has 0 amide bonds. The Kier molecular flexibility index (Phi) is 10.4. The van der Waals surface area contributed by atoms with Gasteiger partial charge in [-0.05, 0) is 19.8 Å². The van der Waals surface area contributed by atoms with Crippen LogP contribution >= 0.6 is 0 Å². The third-order valence-electron chi connectivity index (χ3n) is 4.76. The number of esters is 2. The van der Waals surface area contributed by atoms with Gasteiger partial charge in [0.1, 0.15) is 6.10 Å². The van der Waals surface area contributed by atoms with Crippen molar-refractivity contribution in [3.05, 3.63) is 11.1 Å². The van der Waals surface area contributed by atoms with E-state index in [1.165, 1.54) is 64.9 Å². The molecule has 0 N–H and O–H groups in total. The fourth-order valence-electron chi connectivity index (χ4n) is 3.22. The molecule has 1 atom stereocenters. The number of rotatable bonds is 13. The van der Waals surface area contributed by atoms with Gasteiger partial charge >= 0.3 is 11.9 Å². The zero-order valence-electron chi connectivity index (χ0n) is 15.7. The van der Waals surface area contributed by atoms with Crippen LogP contribution in [-0.4, -0.2) is 25.2 Å². The quantitative estimate of drug-likeness (QED) is 0.346. The lowest BCUT2D eigenvalue weighted by Crippen LogP contribution is -2.18. The summed E-state index contributed by atoms with van der Waals surface area (Å²) in [5.74, 6) is -0.824. The average Bonchev–Trinajstić information content (AvgIpc) is 2.86. The summed E-state index contributed by atoms with van der Waals surface area (Å²) in [6.07, 6.45) is 14.3. The Morgan fingerprint density at radius 2 is 1.46 bits per heavy atom. The third kappa shape index (κ3) is 7.06. The summed E-state index contributed by atoms with van der Waals surface area (Å²) in [4.78, 5) is 23.4. The topological polar surface area (TPSA) is 52.6 Å². The highest BCUT2D eigenvalue weighted by Gasteiger charge is 2.35. The standard InChI is InChI=1S/C20H34O4/c1-4-5-6-7-8-9-10-11-12-13-14-15-17-18(20(22)23-3)16(2)19(21)24-17/h17H,4-15H2,1-3H3/t17-/m1/s1. The molecule has 1 heterocycles. The van der Waals surface area contributed by atoms with Crippen LogP contribution in [0.3, 0.4) is 0 Å². The van der Waals surface area contributed by atoms with Crippen LogP contribution in [0.2, 0.25) is 0 Å². The number of carbonyl (C=O) groups is 2. The van der Waals surface area contributed by atoms with Crippen LogP contribution in [0, 0.1) is 0 Å². The van der Waals surface area contributed by atoms with Crippen LogP contribution in [0.4, 0.5) is 0 Å². The molecule has 0 radical (unpaired) electrons. The van der Waals surface area contributed by atoms with Crippen LogP contribution in [-0.2, 0) is 19.1 Å². The fraction of sp³-hybridized carbons (Fsp3) is 0.800. The molecule has 0 aromatic heterocycles. The second-order valence-corrected chi connectivity index (χ2v) is 6.75. The van der Waals surface area contributed by atoms with E-state index < -0.39 is 12.1 Å². The van der Waals surface area contributed by atoms with E-state index in [1.54, 1.807) is 6.92 Å². The lowest BCUT2D eigenvalue weighted by Gasteiger charge is -2.12. The Morgan fingerprint density at radius 1 is 0.958 bits per heavy atom. The Bertz CT molecular complexity index is 425. The molecular formula is C20H34O4. The van der Waals surface area contributed by atoms with E-state index in [4.69, 9.17) is 9.47 Å². The molecular weight excluding hydrogens is 304 g/mol. The van der Waals surface area contributed by atoms with Crippen molar-refractivity contribution < 1.29 is 19.1 Å². The maximum Gasteiger partial charge on any atom is 0.338 e. The molecule has 1 aliphatic rings. The van der Waals surface area contributed by atoms with Gasteiger partial charge in [0.25, 0.3) is 0 Å². The molecule has 1 rings (SSSR count). The Hall–Kier alpha value is -1.32. The van der Waals surface area contributed by atoms with Crippen LogP contribution in [0.25, 0.3) is 0 Å². The maximum absolute atomic E-state index is 11.8. The van der Waals surface area contributed by atoms with Crippen LogP contribution < -0.4 is 0 Å². The Morgan fingerprint density at radius 3 is 1.96 bits per heavy atom. The highest BCUT2D eigenvalue weighted by molar-refractivity contribution is 6.03. The first kappa shape index (κ1) is 20.7. The summed E-state index contributed by atoms with van der Waals surface area (Å²) in [7, 11) is 1.34. The zero-order valence-corrected chi connectivity index (χ0v) is 15.7. The summed E-state index contributed by atoms with van der Waals surface area (Å²) in [5.41, 5.74) is 0.810. The van der Waals surface area contributed by atoms with Crippen molar-refractivity contribution in [2.45, 2.75) is 97.0 Å². The van der Waals surface area contributed by atoms with Crippen molar-refractivity contribution >= 4 is 11.9 Å². The first-order valence-electron chi connectivity index (χ1n) is 9.61. The van der Waals surface area contributed by atoms with Crippen molar-refractivity contribution in [3.8, 4) is 0 Å². The van der Waals surface area contributed by atoms with E-state index in [0.717, 1.165) is 12.8 Å². The molecule has 1 aliphatic heterocycles. The van der Waals surface area contributed by atoms with E-state index in [1.807, 2.05) is 0 Å². The van der Waals surface area contributed by atoms with Crippen molar-refractivity contribution in [2.24, 2.45) is 0 Å². The second kappa shape index (κ2) is 12.1. The van der Waals surface area contributed by atoms with E-state index in [2.05, 4.69) is 6.92 Å². The van der Waals surface area contributed by atoms with E-state index in [-0.39, 0.29) is 5.97 Å². The predicted molar refractivity (Wildman–Crippen MR) is 95.7 cm³/mol. The van der Waals surface area contributed by atoms with Gasteiger partial charge in [0.2, 0.25) is 0 Å². The predicted octanol–water partition coefficient (Wildman–Crippen LogP) is 5.10. The summed E-state index contributed by atoms with van der Waals surface area (Å²) in [5, 5.41) is 0. The largest absolute Gasteiger partial charge is 0.466 e. The van der Waals surface area contributed by atoms with E-state index in [0.29, 0.717) is 17.6 Å². The molecule has 0 bridgehead atoms. The second-order valence-electron chi connectivity index (χ2n) is 6.75. The SMILES string of the molecule is CCCCCCCCCCCCC[C@H]1OC(=O)C(C)=C1C(=O)OC. The third-order valence-corrected chi connectivity index (χ3v) is 4.76. The Balaban J connectivity index is 2.09. The highest BCUT2D eigenvalue weighted by Crippen LogP contribution is 2.27. The van der Waals surface area contributed by atoms with Gasteiger partial charge in [0.05, 0.1) is 12.7 Å². The summed E-state index contributed by atoms with van der Waals surface area (Å²) >= 11 is 0. The number of carbonyl (C=O) groups excluding carboxylic acids is 2. The van der Waals surface area contributed by atoms with E-state index >= 15 is 0 Å². The molecule has 138 valence electrons. The molecule has 24 heavy (non-hydrogen) atoms. The van der Waals surface area contributed by atoms with Gasteiger partial charge in [-0.3, -0.25) is 0 Å². The average molecular weight is 338 g/mol. The van der Waals surface area contributed by atoms with Gasteiger partial charge in [0.15, 0.2) is 0 Å². The maximum atomic E-state index is 11.8. The van der Waals surface area contributed by atoms with Gasteiger partial charge in [-0.15, -0.1) is 0 Å². The Labute approximate surface area is 147 Å². The number of hydrogen-bond acceptors (Lipinski definition) is 4. The molecule has 4 nitrogen and oxygen atoms in total. The zero-order chi connectivity index (χ0) is 17.8. The first-order valence-corrected chi connectivity index (χ1v) is 9.61. The smallest absolute Gasteiger partial charge is 0.338 e.